The lowest BCUT2D eigenvalue weighted by Gasteiger charge is -2.16. The molecule has 1 heterocycles. The summed E-state index contributed by atoms with van der Waals surface area (Å²) in [5.41, 5.74) is 1.19. The number of benzene rings is 1. The lowest BCUT2D eigenvalue weighted by Crippen LogP contribution is -2.27. The van der Waals surface area contributed by atoms with Crippen molar-refractivity contribution in [1.82, 2.24) is 19.9 Å². The SMILES string of the molecule is CCN(CC)CCn1nc(Nc2ccc(C(=O)OC)cc2)c(C(=O)OC)n1.Cl. The van der Waals surface area contributed by atoms with Crippen molar-refractivity contribution in [2.45, 2.75) is 20.4 Å². The van der Waals surface area contributed by atoms with Crippen molar-refractivity contribution in [2.75, 3.05) is 39.2 Å². The Morgan fingerprint density at radius 1 is 1.04 bits per heavy atom. The summed E-state index contributed by atoms with van der Waals surface area (Å²) in [6.45, 7) is 7.36. The molecule has 1 N–H and O–H groups in total. The molecule has 0 bridgehead atoms. The van der Waals surface area contributed by atoms with Crippen LogP contribution in [0.3, 0.4) is 0 Å². The summed E-state index contributed by atoms with van der Waals surface area (Å²) < 4.78 is 9.47. The van der Waals surface area contributed by atoms with Gasteiger partial charge in [0.15, 0.2) is 5.82 Å². The molecule has 0 atom stereocenters. The maximum absolute atomic E-state index is 12.0. The van der Waals surface area contributed by atoms with Crippen molar-refractivity contribution in [3.8, 4) is 0 Å². The first-order valence-electron chi connectivity index (χ1n) is 8.73. The van der Waals surface area contributed by atoms with E-state index in [0.717, 1.165) is 19.6 Å². The Labute approximate surface area is 170 Å². The standard InChI is InChI=1S/C18H25N5O4.ClH/c1-5-22(6-2)11-12-23-20-15(18(25)27-4)16(21-23)19-14-9-7-13(8-10-14)17(24)26-3;/h7-10H,5-6,11-12H2,1-4H3,(H,19,21);1H. The Hall–Kier alpha value is -2.65. The number of ether oxygens (including phenoxy) is 2. The number of anilines is 2. The quantitative estimate of drug-likeness (QED) is 0.628. The van der Waals surface area contributed by atoms with E-state index < -0.39 is 11.9 Å². The molecule has 28 heavy (non-hydrogen) atoms. The van der Waals surface area contributed by atoms with Crippen LogP contribution in [0.2, 0.25) is 0 Å². The number of halogens is 1. The van der Waals surface area contributed by atoms with Crippen molar-refractivity contribution >= 4 is 35.9 Å². The first kappa shape index (κ1) is 23.4. The van der Waals surface area contributed by atoms with Crippen LogP contribution in [0, 0.1) is 0 Å². The highest BCUT2D eigenvalue weighted by molar-refractivity contribution is 5.93. The summed E-state index contributed by atoms with van der Waals surface area (Å²) in [6, 6.07) is 6.64. The van der Waals surface area contributed by atoms with E-state index in [1.807, 2.05) is 0 Å². The molecular weight excluding hydrogens is 386 g/mol. The van der Waals surface area contributed by atoms with Gasteiger partial charge in [-0.05, 0) is 37.4 Å². The zero-order valence-electron chi connectivity index (χ0n) is 16.5. The summed E-state index contributed by atoms with van der Waals surface area (Å²) >= 11 is 0. The Bertz CT molecular complexity index is 775. The number of nitrogens with zero attached hydrogens (tertiary/aromatic N) is 4. The Balaban J connectivity index is 0.00000392. The molecule has 0 spiro atoms. The fourth-order valence-corrected chi connectivity index (χ4v) is 2.48. The van der Waals surface area contributed by atoms with E-state index in [4.69, 9.17) is 4.74 Å². The smallest absolute Gasteiger partial charge is 0.362 e. The van der Waals surface area contributed by atoms with Crippen LogP contribution in [0.25, 0.3) is 0 Å². The van der Waals surface area contributed by atoms with E-state index in [2.05, 4.69) is 39.0 Å². The molecule has 0 aliphatic rings. The molecule has 10 heteroatoms. The van der Waals surface area contributed by atoms with Gasteiger partial charge in [-0.2, -0.15) is 4.80 Å². The van der Waals surface area contributed by atoms with Gasteiger partial charge < -0.3 is 19.7 Å². The fraction of sp³-hybridized carbons (Fsp3) is 0.444. The van der Waals surface area contributed by atoms with Gasteiger partial charge in [-0.1, -0.05) is 13.8 Å². The molecule has 2 rings (SSSR count). The van der Waals surface area contributed by atoms with Gasteiger partial charge in [0.25, 0.3) is 0 Å². The fourth-order valence-electron chi connectivity index (χ4n) is 2.48. The second kappa shape index (κ2) is 11.3. The van der Waals surface area contributed by atoms with Crippen molar-refractivity contribution in [2.24, 2.45) is 0 Å². The zero-order valence-corrected chi connectivity index (χ0v) is 17.3. The molecule has 0 aliphatic carbocycles. The maximum Gasteiger partial charge on any atom is 0.362 e. The molecule has 0 amide bonds. The molecule has 154 valence electrons. The van der Waals surface area contributed by atoms with Gasteiger partial charge in [0.2, 0.25) is 5.69 Å². The lowest BCUT2D eigenvalue weighted by atomic mass is 10.2. The second-order valence-electron chi connectivity index (χ2n) is 5.71. The third-order valence-electron chi connectivity index (χ3n) is 4.11. The molecule has 9 nitrogen and oxygen atoms in total. The van der Waals surface area contributed by atoms with Gasteiger partial charge >= 0.3 is 11.9 Å². The van der Waals surface area contributed by atoms with Crippen molar-refractivity contribution in [3.63, 3.8) is 0 Å². The Morgan fingerprint density at radius 2 is 1.64 bits per heavy atom. The van der Waals surface area contributed by atoms with Crippen LogP contribution in [-0.4, -0.2) is 65.7 Å². The van der Waals surface area contributed by atoms with Crippen molar-refractivity contribution in [1.29, 1.82) is 0 Å². The molecule has 1 aromatic heterocycles. The Kier molecular flexibility index (Phi) is 9.40. The van der Waals surface area contributed by atoms with E-state index in [1.165, 1.54) is 19.0 Å². The Morgan fingerprint density at radius 3 is 2.18 bits per heavy atom. The lowest BCUT2D eigenvalue weighted by molar-refractivity contribution is 0.0588. The van der Waals surface area contributed by atoms with E-state index >= 15 is 0 Å². The van der Waals surface area contributed by atoms with E-state index in [-0.39, 0.29) is 18.1 Å². The monoisotopic (exact) mass is 411 g/mol. The van der Waals surface area contributed by atoms with Crippen LogP contribution >= 0.6 is 12.4 Å². The van der Waals surface area contributed by atoms with Crippen LogP contribution in [0.4, 0.5) is 11.5 Å². The number of likely N-dealkylation sites (N-methyl/N-ethyl adjacent to an activating group) is 1. The van der Waals surface area contributed by atoms with Crippen LogP contribution in [0.1, 0.15) is 34.7 Å². The minimum Gasteiger partial charge on any atom is -0.465 e. The number of methoxy groups -OCH3 is 2. The van der Waals surface area contributed by atoms with E-state index in [0.29, 0.717) is 23.6 Å². The van der Waals surface area contributed by atoms with Gasteiger partial charge in [0.1, 0.15) is 0 Å². The average Bonchev–Trinajstić information content (AvgIpc) is 3.10. The maximum atomic E-state index is 12.0. The van der Waals surface area contributed by atoms with Crippen LogP contribution < -0.4 is 5.32 Å². The number of carbonyl (C=O) groups is 2. The second-order valence-corrected chi connectivity index (χ2v) is 5.71. The third-order valence-corrected chi connectivity index (χ3v) is 4.11. The van der Waals surface area contributed by atoms with Gasteiger partial charge in [-0.15, -0.1) is 22.6 Å². The number of nitrogens with one attached hydrogen (secondary N) is 1. The molecular formula is C18H26ClN5O4. The summed E-state index contributed by atoms with van der Waals surface area (Å²) in [5.74, 6) is -0.691. The molecule has 0 radical (unpaired) electrons. The van der Waals surface area contributed by atoms with Gasteiger partial charge in [-0.25, -0.2) is 9.59 Å². The zero-order chi connectivity index (χ0) is 19.8. The summed E-state index contributed by atoms with van der Waals surface area (Å²) in [5, 5.41) is 11.7. The predicted octanol–water partition coefficient (Wildman–Crippen LogP) is 2.36. The normalized spacial score (nSPS) is 10.3. The largest absolute Gasteiger partial charge is 0.465 e. The van der Waals surface area contributed by atoms with Crippen molar-refractivity contribution < 1.29 is 19.1 Å². The van der Waals surface area contributed by atoms with Gasteiger partial charge in [0, 0.05) is 12.2 Å². The number of carbonyl (C=O) groups excluding carboxylic acids is 2. The van der Waals surface area contributed by atoms with Gasteiger partial charge in [0.05, 0.1) is 26.3 Å². The number of rotatable bonds is 9. The summed E-state index contributed by atoms with van der Waals surface area (Å²) in [7, 11) is 2.62. The molecule has 2 aromatic rings. The first-order chi connectivity index (χ1) is 13.0. The third kappa shape index (κ3) is 5.93. The molecule has 0 aliphatic heterocycles. The highest BCUT2D eigenvalue weighted by Crippen LogP contribution is 2.19. The summed E-state index contributed by atoms with van der Waals surface area (Å²) in [6.07, 6.45) is 0. The highest BCUT2D eigenvalue weighted by atomic mass is 35.5. The highest BCUT2D eigenvalue weighted by Gasteiger charge is 2.20. The predicted molar refractivity (Wildman–Crippen MR) is 107 cm³/mol. The minimum atomic E-state index is -0.572. The number of aromatic nitrogens is 3. The van der Waals surface area contributed by atoms with E-state index in [1.54, 1.807) is 24.3 Å². The number of hydrogen-bond donors (Lipinski definition) is 1. The van der Waals surface area contributed by atoms with Crippen LogP contribution in [0.15, 0.2) is 24.3 Å². The van der Waals surface area contributed by atoms with Crippen LogP contribution in [-0.2, 0) is 16.0 Å². The molecule has 0 unspecified atom stereocenters. The molecule has 0 saturated heterocycles. The van der Waals surface area contributed by atoms with E-state index in [9.17, 15) is 9.59 Å². The molecule has 1 aromatic carbocycles. The first-order valence-corrected chi connectivity index (χ1v) is 8.73. The van der Waals surface area contributed by atoms with Gasteiger partial charge in [-0.3, -0.25) is 0 Å². The summed E-state index contributed by atoms with van der Waals surface area (Å²) in [4.78, 5) is 27.3. The number of esters is 2. The molecule has 0 fully saturated rings. The topological polar surface area (TPSA) is 98.6 Å². The minimum absolute atomic E-state index is 0. The molecule has 0 saturated carbocycles. The average molecular weight is 412 g/mol. The van der Waals surface area contributed by atoms with Crippen LogP contribution in [0.5, 0.6) is 0 Å². The number of hydrogen-bond acceptors (Lipinski definition) is 8. The van der Waals surface area contributed by atoms with Crippen molar-refractivity contribution in [3.05, 3.63) is 35.5 Å².